The van der Waals surface area contributed by atoms with Crippen molar-refractivity contribution < 1.29 is 51.8 Å². The van der Waals surface area contributed by atoms with Gasteiger partial charge < -0.3 is 27.8 Å². The quantitative estimate of drug-likeness (QED) is 0.135. The fourth-order valence-electron chi connectivity index (χ4n) is 5.11. The number of esters is 1. The Kier molecular flexibility index (Phi) is 9.34. The maximum absolute atomic E-state index is 12.7. The van der Waals surface area contributed by atoms with Crippen LogP contribution in [0.2, 0.25) is 0 Å². The van der Waals surface area contributed by atoms with Gasteiger partial charge in [-0.1, -0.05) is 12.1 Å². The molecule has 17 heteroatoms. The van der Waals surface area contributed by atoms with Crippen LogP contribution in [0, 0.1) is 6.92 Å². The summed E-state index contributed by atoms with van der Waals surface area (Å²) in [7, 11) is 1.25. The molecule has 17 nitrogen and oxygen atoms in total. The van der Waals surface area contributed by atoms with E-state index >= 15 is 0 Å². The third-order valence-electron chi connectivity index (χ3n) is 7.34. The molecule has 0 radical (unpaired) electrons. The summed E-state index contributed by atoms with van der Waals surface area (Å²) in [5, 5.41) is 0. The van der Waals surface area contributed by atoms with Gasteiger partial charge in [0, 0.05) is 18.7 Å². The number of hydrogen-bond donors (Lipinski definition) is 0. The van der Waals surface area contributed by atoms with Crippen LogP contribution in [0.1, 0.15) is 78.6 Å². The van der Waals surface area contributed by atoms with Gasteiger partial charge >= 0.3 is 12.1 Å². The van der Waals surface area contributed by atoms with Gasteiger partial charge in [-0.15, -0.1) is 0 Å². The first kappa shape index (κ1) is 32.5. The second-order valence-electron chi connectivity index (χ2n) is 10.6. The van der Waals surface area contributed by atoms with Gasteiger partial charge in [0.1, 0.15) is 42.9 Å². The Morgan fingerprint density at radius 3 is 2.02 bits per heavy atom. The molecule has 0 saturated heterocycles. The Morgan fingerprint density at radius 1 is 0.898 bits per heavy atom. The number of nitrogens with zero attached hydrogens (tertiary/aromatic N) is 6. The maximum atomic E-state index is 12.7. The van der Waals surface area contributed by atoms with Gasteiger partial charge in [-0.2, -0.15) is 9.59 Å². The van der Waals surface area contributed by atoms with E-state index in [1.165, 1.54) is 18.3 Å². The van der Waals surface area contributed by atoms with Crippen molar-refractivity contribution in [2.24, 2.45) is 9.98 Å². The van der Waals surface area contributed by atoms with E-state index in [-0.39, 0.29) is 67.7 Å². The number of methoxy groups -OCH3 is 1. The summed E-state index contributed by atoms with van der Waals surface area (Å²) in [5.41, 5.74) is 2.23. The van der Waals surface area contributed by atoms with Crippen LogP contribution < -0.4 is 4.74 Å². The zero-order valence-corrected chi connectivity index (χ0v) is 26.0. The summed E-state index contributed by atoms with van der Waals surface area (Å²) >= 11 is 0. The lowest BCUT2D eigenvalue weighted by molar-refractivity contribution is -0.191. The summed E-state index contributed by atoms with van der Waals surface area (Å²) in [6.07, 6.45) is 3.38. The number of fused-ring (bicyclic) bond motifs is 1. The van der Waals surface area contributed by atoms with E-state index < -0.39 is 18.1 Å². The summed E-state index contributed by atoms with van der Waals surface area (Å²) in [6.45, 7) is 2.50. The van der Waals surface area contributed by atoms with Crippen LogP contribution in [0.5, 0.6) is 5.75 Å². The molecule has 250 valence electrons. The molecule has 3 aromatic heterocycles. The average Bonchev–Trinajstić information content (AvgIpc) is 3.95. The van der Waals surface area contributed by atoms with Gasteiger partial charge in [0.15, 0.2) is 17.8 Å². The van der Waals surface area contributed by atoms with Gasteiger partial charge in [0.05, 0.1) is 30.5 Å². The van der Waals surface area contributed by atoms with Crippen LogP contribution in [0.4, 0.5) is 0 Å². The molecule has 2 atom stereocenters. The predicted octanol–water partition coefficient (Wildman–Crippen LogP) is 2.67. The topological polar surface area (TPSA) is 215 Å². The molecular formula is C32H26N6O11. The number of carbonyl (C=O) groups excluding carboxylic acids is 5. The second-order valence-corrected chi connectivity index (χ2v) is 10.6. The van der Waals surface area contributed by atoms with Gasteiger partial charge in [0.2, 0.25) is 23.6 Å². The fraction of sp³-hybridized carbons (Fsp3) is 0.281. The SMILES string of the molecule is COC(=O)c1coc(C2COC(c3cc(OCCCN4C(=O)c5ccccc5C4=O)cc(C4=NC(c5nc(C)co5)CO4)n3)=N2)n1.O=C=O. The molecular weight excluding hydrogens is 644 g/mol. The number of benzene rings is 1. The highest BCUT2D eigenvalue weighted by atomic mass is 16.5. The van der Waals surface area contributed by atoms with Crippen LogP contribution >= 0.6 is 0 Å². The van der Waals surface area contributed by atoms with E-state index in [4.69, 9.17) is 32.6 Å². The van der Waals surface area contributed by atoms with Crippen molar-refractivity contribution in [1.82, 2.24) is 19.9 Å². The summed E-state index contributed by atoms with van der Waals surface area (Å²) in [6, 6.07) is 8.99. The number of hydrogen-bond acceptors (Lipinski definition) is 16. The van der Waals surface area contributed by atoms with Gasteiger partial charge in [0.25, 0.3) is 11.8 Å². The van der Waals surface area contributed by atoms with E-state index in [0.29, 0.717) is 40.6 Å². The number of ether oxygens (including phenoxy) is 4. The predicted molar refractivity (Wildman–Crippen MR) is 161 cm³/mol. The highest BCUT2D eigenvalue weighted by Crippen LogP contribution is 2.29. The van der Waals surface area contributed by atoms with Crippen LogP contribution in [-0.2, 0) is 23.8 Å². The molecule has 0 aliphatic carbocycles. The highest BCUT2D eigenvalue weighted by Gasteiger charge is 2.35. The number of aryl methyl sites for hydroxylation is 1. The van der Waals surface area contributed by atoms with Crippen LogP contribution in [0.25, 0.3) is 0 Å². The third kappa shape index (κ3) is 6.82. The van der Waals surface area contributed by atoms with E-state index in [2.05, 4.69) is 29.7 Å². The number of rotatable bonds is 10. The summed E-state index contributed by atoms with van der Waals surface area (Å²) in [5.74, 6) is 0.188. The minimum atomic E-state index is -0.632. The molecule has 0 saturated carbocycles. The minimum Gasteiger partial charge on any atom is -0.493 e. The van der Waals surface area contributed by atoms with Crippen LogP contribution in [-0.4, -0.2) is 89.1 Å². The van der Waals surface area contributed by atoms with Gasteiger partial charge in [-0.3, -0.25) is 14.5 Å². The maximum Gasteiger partial charge on any atom is 0.373 e. The molecule has 0 fully saturated rings. The van der Waals surface area contributed by atoms with E-state index in [1.54, 1.807) is 42.7 Å². The Balaban J connectivity index is 0.00000134. The largest absolute Gasteiger partial charge is 0.493 e. The molecule has 0 bridgehead atoms. The zero-order chi connectivity index (χ0) is 34.5. The van der Waals surface area contributed by atoms with Crippen molar-refractivity contribution in [1.29, 1.82) is 0 Å². The van der Waals surface area contributed by atoms with Crippen molar-refractivity contribution in [2.75, 3.05) is 33.5 Å². The first-order valence-corrected chi connectivity index (χ1v) is 14.8. The molecule has 4 aromatic rings. The lowest BCUT2D eigenvalue weighted by atomic mass is 10.1. The summed E-state index contributed by atoms with van der Waals surface area (Å²) < 4.78 is 33.4. The Labute approximate surface area is 276 Å². The Morgan fingerprint density at radius 2 is 1.47 bits per heavy atom. The number of oxazole rings is 2. The molecule has 0 spiro atoms. The van der Waals surface area contributed by atoms with Crippen LogP contribution in [0.3, 0.4) is 0 Å². The second kappa shape index (κ2) is 14.1. The molecule has 6 heterocycles. The van der Waals surface area contributed by atoms with E-state index in [0.717, 1.165) is 5.69 Å². The average molecular weight is 671 g/mol. The normalized spacial score (nSPS) is 17.6. The number of pyridine rings is 1. The molecule has 0 N–H and O–H groups in total. The molecule has 2 unspecified atom stereocenters. The molecule has 49 heavy (non-hydrogen) atoms. The molecule has 2 amide bonds. The molecule has 1 aromatic carbocycles. The van der Waals surface area contributed by atoms with Crippen LogP contribution in [0.15, 0.2) is 67.7 Å². The zero-order valence-electron chi connectivity index (χ0n) is 26.0. The third-order valence-corrected chi connectivity index (χ3v) is 7.34. The van der Waals surface area contributed by atoms with Crippen molar-refractivity contribution in [2.45, 2.75) is 25.4 Å². The van der Waals surface area contributed by atoms with Crippen molar-refractivity contribution in [3.8, 4) is 5.75 Å². The number of carbonyl (C=O) groups is 3. The Hall–Kier alpha value is -6.48. The molecule has 7 rings (SSSR count). The number of imide groups is 1. The van der Waals surface area contributed by atoms with Gasteiger partial charge in [-0.25, -0.2) is 29.7 Å². The smallest absolute Gasteiger partial charge is 0.373 e. The van der Waals surface area contributed by atoms with E-state index in [9.17, 15) is 14.4 Å². The van der Waals surface area contributed by atoms with Crippen molar-refractivity contribution in [3.05, 3.63) is 94.6 Å². The van der Waals surface area contributed by atoms with Crippen molar-refractivity contribution >= 4 is 35.7 Å². The first-order chi connectivity index (χ1) is 23.8. The highest BCUT2D eigenvalue weighted by molar-refractivity contribution is 6.21. The lowest BCUT2D eigenvalue weighted by Gasteiger charge is -2.14. The first-order valence-electron chi connectivity index (χ1n) is 14.8. The Bertz CT molecular complexity index is 1970. The monoisotopic (exact) mass is 670 g/mol. The number of amides is 2. The van der Waals surface area contributed by atoms with Gasteiger partial charge in [-0.05, 0) is 25.5 Å². The number of aromatic nitrogens is 3. The lowest BCUT2D eigenvalue weighted by Crippen LogP contribution is -2.31. The standard InChI is InChI=1S/C31H26N6O9.CO2/c1-16-12-43-27(32-16)22-13-44-25(34-22)20-10-17(42-9-5-8-37-29(38)18-6-3-4-7-19(18)30(37)39)11-21(33-20)26-35-23(14-45-26)28-36-24(15-46-28)31(40)41-2;2-1-3/h3-4,6-7,10-12,15,22-23H,5,8-9,13-14H2,1-2H3;. The fourth-order valence-corrected chi connectivity index (χ4v) is 5.11. The summed E-state index contributed by atoms with van der Waals surface area (Å²) in [4.78, 5) is 77.1. The van der Waals surface area contributed by atoms with E-state index in [1.807, 2.05) is 6.92 Å². The minimum absolute atomic E-state index is 0.0188. The molecule has 3 aliphatic heterocycles. The number of aliphatic imine (C=N–C) groups is 2. The van der Waals surface area contributed by atoms with Crippen molar-refractivity contribution in [3.63, 3.8) is 0 Å². The molecule has 3 aliphatic rings.